The first-order chi connectivity index (χ1) is 9.22. The maximum Gasteiger partial charge on any atom is 0.235 e. The van der Waals surface area contributed by atoms with Crippen LogP contribution in [0.1, 0.15) is 49.8 Å². The fourth-order valence-corrected chi connectivity index (χ4v) is 3.06. The molecular formula is C16H22N2O2. The lowest BCUT2D eigenvalue weighted by Crippen LogP contribution is -2.45. The Labute approximate surface area is 120 Å². The summed E-state index contributed by atoms with van der Waals surface area (Å²) in [5.41, 5.74) is 4.65. The molecule has 1 aromatic rings. The van der Waals surface area contributed by atoms with E-state index in [-0.39, 0.29) is 5.54 Å². The summed E-state index contributed by atoms with van der Waals surface area (Å²) in [7, 11) is 2.12. The van der Waals surface area contributed by atoms with Crippen LogP contribution in [0.5, 0.6) is 0 Å². The van der Waals surface area contributed by atoms with Crippen molar-refractivity contribution < 1.29 is 4.92 Å². The van der Waals surface area contributed by atoms with Crippen LogP contribution in [0.2, 0.25) is 0 Å². The first kappa shape index (κ1) is 14.6. The van der Waals surface area contributed by atoms with Gasteiger partial charge in [0.2, 0.25) is 6.20 Å². The van der Waals surface area contributed by atoms with Crippen molar-refractivity contribution in [3.05, 3.63) is 45.1 Å². The molecule has 20 heavy (non-hydrogen) atoms. The molecular weight excluding hydrogens is 252 g/mol. The topological polar surface area (TPSA) is 46.4 Å². The summed E-state index contributed by atoms with van der Waals surface area (Å²) >= 11 is 0. The Balaban J connectivity index is 2.51. The quantitative estimate of drug-likeness (QED) is 0.605. The van der Waals surface area contributed by atoms with E-state index in [1.165, 1.54) is 11.3 Å². The van der Waals surface area contributed by atoms with Crippen molar-refractivity contribution in [3.8, 4) is 0 Å². The molecule has 1 aliphatic heterocycles. The molecule has 1 aliphatic rings. The smallest absolute Gasteiger partial charge is 0.235 e. The van der Waals surface area contributed by atoms with Crippen molar-refractivity contribution in [1.82, 2.24) is 0 Å². The zero-order valence-electron chi connectivity index (χ0n) is 12.8. The van der Waals surface area contributed by atoms with Gasteiger partial charge in [-0.25, -0.2) is 0 Å². The maximum absolute atomic E-state index is 10.5. The predicted octanol–water partition coefficient (Wildman–Crippen LogP) is 3.96. The van der Waals surface area contributed by atoms with E-state index >= 15 is 0 Å². The van der Waals surface area contributed by atoms with Gasteiger partial charge in [0.25, 0.3) is 0 Å². The molecule has 0 aromatic heterocycles. The average Bonchev–Trinajstić information content (AvgIpc) is 2.33. The molecule has 1 atom stereocenters. The van der Waals surface area contributed by atoms with Gasteiger partial charge in [-0.15, -0.1) is 0 Å². The number of anilines is 1. The molecule has 0 fully saturated rings. The van der Waals surface area contributed by atoms with Crippen molar-refractivity contribution >= 4 is 11.8 Å². The molecule has 108 valence electrons. The Hall–Kier alpha value is -1.84. The van der Waals surface area contributed by atoms with Gasteiger partial charge in [0.1, 0.15) is 0 Å². The van der Waals surface area contributed by atoms with Gasteiger partial charge in [0, 0.05) is 24.4 Å². The molecule has 0 saturated heterocycles. The van der Waals surface area contributed by atoms with Gasteiger partial charge in [-0.3, -0.25) is 10.1 Å². The summed E-state index contributed by atoms with van der Waals surface area (Å²) in [4.78, 5) is 12.4. The molecule has 1 unspecified atom stereocenters. The minimum atomic E-state index is -0.419. The Morgan fingerprint density at radius 2 is 2.10 bits per heavy atom. The van der Waals surface area contributed by atoms with Gasteiger partial charge < -0.3 is 4.90 Å². The number of aryl methyl sites for hydroxylation is 1. The van der Waals surface area contributed by atoms with E-state index in [2.05, 4.69) is 44.9 Å². The predicted molar refractivity (Wildman–Crippen MR) is 82.7 cm³/mol. The zero-order chi connectivity index (χ0) is 15.1. The molecule has 4 nitrogen and oxygen atoms in total. The second-order valence-electron chi connectivity index (χ2n) is 6.35. The fraction of sp³-hybridized carbons (Fsp3) is 0.500. The number of nitro groups is 1. The zero-order valence-corrected chi connectivity index (χ0v) is 12.8. The van der Waals surface area contributed by atoms with Gasteiger partial charge in [0.05, 0.1) is 4.92 Å². The van der Waals surface area contributed by atoms with E-state index in [4.69, 9.17) is 0 Å². The first-order valence-corrected chi connectivity index (χ1v) is 6.92. The van der Waals surface area contributed by atoms with Gasteiger partial charge in [0.15, 0.2) is 0 Å². The molecule has 0 amide bonds. The second kappa shape index (κ2) is 4.93. The number of nitrogens with zero attached hydrogens (tertiary/aromatic N) is 2. The third kappa shape index (κ3) is 2.55. The van der Waals surface area contributed by atoms with E-state index in [0.717, 1.165) is 23.7 Å². The van der Waals surface area contributed by atoms with Crippen LogP contribution < -0.4 is 4.90 Å². The number of hydrogen-bond donors (Lipinski definition) is 0. The van der Waals surface area contributed by atoms with Crippen LogP contribution in [0.4, 0.5) is 5.69 Å². The third-order valence-electron chi connectivity index (χ3n) is 4.40. The molecule has 0 saturated carbocycles. The van der Waals surface area contributed by atoms with E-state index in [9.17, 15) is 10.1 Å². The van der Waals surface area contributed by atoms with Crippen molar-refractivity contribution in [2.24, 2.45) is 0 Å². The van der Waals surface area contributed by atoms with Gasteiger partial charge >= 0.3 is 0 Å². The van der Waals surface area contributed by atoms with Crippen LogP contribution >= 0.6 is 0 Å². The van der Waals surface area contributed by atoms with E-state index < -0.39 is 4.92 Å². The van der Waals surface area contributed by atoms with Crippen molar-refractivity contribution in [3.63, 3.8) is 0 Å². The number of hydrogen-bond acceptors (Lipinski definition) is 3. The van der Waals surface area contributed by atoms with Crippen molar-refractivity contribution in [1.29, 1.82) is 0 Å². The maximum atomic E-state index is 10.5. The van der Waals surface area contributed by atoms with Gasteiger partial charge in [-0.2, -0.15) is 0 Å². The molecule has 0 spiro atoms. The lowest BCUT2D eigenvalue weighted by molar-refractivity contribution is -0.400. The monoisotopic (exact) mass is 274 g/mol. The Bertz CT molecular complexity index is 576. The van der Waals surface area contributed by atoms with Gasteiger partial charge in [-0.05, 0) is 61.9 Å². The Morgan fingerprint density at radius 3 is 2.70 bits per heavy atom. The second-order valence-corrected chi connectivity index (χ2v) is 6.35. The summed E-state index contributed by atoms with van der Waals surface area (Å²) in [5, 5.41) is 10.5. The summed E-state index contributed by atoms with van der Waals surface area (Å²) in [5.74, 6) is 0.458. The molecule has 0 N–H and O–H groups in total. The third-order valence-corrected chi connectivity index (χ3v) is 4.40. The fourth-order valence-electron chi connectivity index (χ4n) is 3.06. The lowest BCUT2D eigenvalue weighted by Gasteiger charge is -2.45. The summed E-state index contributed by atoms with van der Waals surface area (Å²) in [6, 6.07) is 4.24. The van der Waals surface area contributed by atoms with Crippen LogP contribution in [-0.2, 0) is 0 Å². The molecule has 0 radical (unpaired) electrons. The molecule has 4 heteroatoms. The van der Waals surface area contributed by atoms with E-state index in [1.54, 1.807) is 6.08 Å². The van der Waals surface area contributed by atoms with Crippen LogP contribution in [0.25, 0.3) is 6.08 Å². The molecule has 0 bridgehead atoms. The lowest BCUT2D eigenvalue weighted by atomic mass is 9.79. The van der Waals surface area contributed by atoms with Crippen LogP contribution in [0.3, 0.4) is 0 Å². The minimum Gasteiger partial charge on any atom is -0.369 e. The van der Waals surface area contributed by atoms with Crippen LogP contribution in [-0.4, -0.2) is 17.5 Å². The summed E-state index contributed by atoms with van der Waals surface area (Å²) in [6.45, 7) is 8.73. The molecule has 1 aromatic carbocycles. The minimum absolute atomic E-state index is 0.136. The average molecular weight is 274 g/mol. The van der Waals surface area contributed by atoms with E-state index in [1.807, 2.05) is 6.92 Å². The Kier molecular flexibility index (Phi) is 3.59. The number of benzene rings is 1. The highest BCUT2D eigenvalue weighted by atomic mass is 16.6. The first-order valence-electron chi connectivity index (χ1n) is 6.92. The van der Waals surface area contributed by atoms with Crippen LogP contribution in [0.15, 0.2) is 18.3 Å². The summed E-state index contributed by atoms with van der Waals surface area (Å²) in [6.07, 6.45) is 3.68. The largest absolute Gasteiger partial charge is 0.369 e. The molecule has 2 rings (SSSR count). The highest BCUT2D eigenvalue weighted by Crippen LogP contribution is 2.43. The van der Waals surface area contributed by atoms with Gasteiger partial charge in [-0.1, -0.05) is 6.92 Å². The van der Waals surface area contributed by atoms with Crippen LogP contribution in [0, 0.1) is 17.0 Å². The number of fused-ring (bicyclic) bond motifs is 1. The van der Waals surface area contributed by atoms with Crippen molar-refractivity contribution in [2.75, 3.05) is 11.9 Å². The number of rotatable bonds is 2. The molecule has 0 aliphatic carbocycles. The highest BCUT2D eigenvalue weighted by molar-refractivity contribution is 5.66. The summed E-state index contributed by atoms with van der Waals surface area (Å²) < 4.78 is 0. The highest BCUT2D eigenvalue weighted by Gasteiger charge is 2.34. The normalized spacial score (nSPS) is 21.1. The molecule has 1 heterocycles. The standard InChI is InChI=1S/C16H22N2O2/c1-11-8-15-14(9-13(11)6-7-18(19)20)12(2)10-16(3,4)17(15)5/h6-9,12H,10H2,1-5H3/b7-6+. The van der Waals surface area contributed by atoms with Crippen molar-refractivity contribution in [2.45, 2.75) is 45.6 Å². The Morgan fingerprint density at radius 1 is 1.45 bits per heavy atom. The van der Waals surface area contributed by atoms with E-state index in [0.29, 0.717) is 5.92 Å². The SMILES string of the molecule is Cc1cc2c(cc1/C=C/[N+](=O)[O-])C(C)CC(C)(C)N2C.